The highest BCUT2D eigenvalue weighted by atomic mass is 35.5. The van der Waals surface area contributed by atoms with Crippen LogP contribution in [0.4, 0.5) is 19.0 Å². The molecule has 1 aromatic heterocycles. The first-order valence-corrected chi connectivity index (χ1v) is 7.10. The van der Waals surface area contributed by atoms with Crippen LogP contribution < -0.4 is 10.6 Å². The Labute approximate surface area is 155 Å². The van der Waals surface area contributed by atoms with Gasteiger partial charge in [0.15, 0.2) is 0 Å². The average molecular weight is 410 g/mol. The van der Waals surface area contributed by atoms with Gasteiger partial charge in [0.2, 0.25) is 5.91 Å². The number of rotatable bonds is 2. The summed E-state index contributed by atoms with van der Waals surface area (Å²) in [5.74, 6) is 0.147. The molecule has 0 spiro atoms. The van der Waals surface area contributed by atoms with Crippen molar-refractivity contribution in [2.24, 2.45) is 5.73 Å². The molecular formula is C13H18Cl3F3N4O. The molecule has 0 radical (unpaired) electrons. The second kappa shape index (κ2) is 8.94. The first-order valence-electron chi connectivity index (χ1n) is 6.72. The standard InChI is InChI=1S/C13H16ClF3N4O.2ClH/c1-8(18)12(22)21-4-2-20(3-5-21)11-10(14)6-9(7-19-11)13(15,16)17;;/h6-8H,2-5,18H2,1H3;2*1H/t8-;;/m1../s1. The molecule has 2 N–H and O–H groups in total. The summed E-state index contributed by atoms with van der Waals surface area (Å²) < 4.78 is 37.8. The van der Waals surface area contributed by atoms with Crippen LogP contribution in [-0.2, 0) is 11.0 Å². The van der Waals surface area contributed by atoms with Gasteiger partial charge in [-0.15, -0.1) is 24.8 Å². The summed E-state index contributed by atoms with van der Waals surface area (Å²) in [5, 5.41) is -0.0539. The number of hydrogen-bond donors (Lipinski definition) is 1. The van der Waals surface area contributed by atoms with Crippen molar-refractivity contribution < 1.29 is 18.0 Å². The fraction of sp³-hybridized carbons (Fsp3) is 0.538. The van der Waals surface area contributed by atoms with Gasteiger partial charge in [-0.25, -0.2) is 4.98 Å². The van der Waals surface area contributed by atoms with Crippen molar-refractivity contribution in [3.63, 3.8) is 0 Å². The zero-order chi connectivity index (χ0) is 16.5. The van der Waals surface area contributed by atoms with Crippen molar-refractivity contribution in [3.05, 3.63) is 22.8 Å². The van der Waals surface area contributed by atoms with Crippen molar-refractivity contribution in [2.45, 2.75) is 19.1 Å². The molecule has 2 heterocycles. The minimum absolute atomic E-state index is 0. The highest BCUT2D eigenvalue weighted by Crippen LogP contribution is 2.33. The Bertz CT molecular complexity index is 564. The van der Waals surface area contributed by atoms with E-state index in [9.17, 15) is 18.0 Å². The van der Waals surface area contributed by atoms with E-state index in [0.717, 1.165) is 12.3 Å². The van der Waals surface area contributed by atoms with Gasteiger partial charge >= 0.3 is 6.18 Å². The van der Waals surface area contributed by atoms with E-state index in [2.05, 4.69) is 4.98 Å². The number of amides is 1. The lowest BCUT2D eigenvalue weighted by Gasteiger charge is -2.36. The van der Waals surface area contributed by atoms with Gasteiger partial charge in [-0.3, -0.25) is 4.79 Å². The highest BCUT2D eigenvalue weighted by molar-refractivity contribution is 6.33. The molecule has 1 amide bonds. The number of aromatic nitrogens is 1. The Balaban J connectivity index is 0.00000264. The van der Waals surface area contributed by atoms with E-state index in [-0.39, 0.29) is 35.7 Å². The molecule has 11 heteroatoms. The smallest absolute Gasteiger partial charge is 0.352 e. The predicted octanol–water partition coefficient (Wildman–Crippen LogP) is 2.59. The SMILES string of the molecule is C[C@@H](N)C(=O)N1CCN(c2ncc(C(F)(F)F)cc2Cl)CC1.Cl.Cl. The van der Waals surface area contributed by atoms with Crippen LogP contribution >= 0.6 is 36.4 Å². The van der Waals surface area contributed by atoms with Crippen LogP contribution in [0.25, 0.3) is 0 Å². The third kappa shape index (κ3) is 5.27. The normalized spacial score (nSPS) is 16.1. The molecule has 1 aliphatic rings. The zero-order valence-electron chi connectivity index (χ0n) is 12.7. The monoisotopic (exact) mass is 408 g/mol. The number of halogens is 6. The van der Waals surface area contributed by atoms with Crippen LogP contribution in [0.3, 0.4) is 0 Å². The molecule has 0 aliphatic carbocycles. The number of carbonyl (C=O) groups excluding carboxylic acids is 1. The van der Waals surface area contributed by atoms with Crippen molar-refractivity contribution in [1.82, 2.24) is 9.88 Å². The van der Waals surface area contributed by atoms with Gasteiger partial charge in [0.1, 0.15) is 5.82 Å². The van der Waals surface area contributed by atoms with Crippen LogP contribution in [-0.4, -0.2) is 48.0 Å². The summed E-state index contributed by atoms with van der Waals surface area (Å²) >= 11 is 5.91. The molecule has 1 aliphatic heterocycles. The van der Waals surface area contributed by atoms with E-state index in [0.29, 0.717) is 32.0 Å². The van der Waals surface area contributed by atoms with Gasteiger partial charge in [-0.2, -0.15) is 13.2 Å². The van der Waals surface area contributed by atoms with E-state index in [1.807, 2.05) is 0 Å². The predicted molar refractivity (Wildman–Crippen MR) is 91.2 cm³/mol. The van der Waals surface area contributed by atoms with Gasteiger partial charge in [0.05, 0.1) is 16.6 Å². The second-order valence-electron chi connectivity index (χ2n) is 5.13. The number of hydrogen-bond acceptors (Lipinski definition) is 4. The van der Waals surface area contributed by atoms with E-state index in [4.69, 9.17) is 17.3 Å². The summed E-state index contributed by atoms with van der Waals surface area (Å²) in [6.45, 7) is 3.36. The summed E-state index contributed by atoms with van der Waals surface area (Å²) in [7, 11) is 0. The van der Waals surface area contributed by atoms with Crippen LogP contribution in [0.1, 0.15) is 12.5 Å². The van der Waals surface area contributed by atoms with Crippen LogP contribution in [0.5, 0.6) is 0 Å². The molecule has 1 saturated heterocycles. The molecule has 2 rings (SSSR count). The minimum atomic E-state index is -4.47. The Hall–Kier alpha value is -0.960. The number of nitrogens with zero attached hydrogens (tertiary/aromatic N) is 3. The average Bonchev–Trinajstić information content (AvgIpc) is 2.45. The van der Waals surface area contributed by atoms with E-state index >= 15 is 0 Å². The number of nitrogens with two attached hydrogens (primary N) is 1. The highest BCUT2D eigenvalue weighted by Gasteiger charge is 2.32. The maximum atomic E-state index is 12.6. The molecule has 1 fully saturated rings. The van der Waals surface area contributed by atoms with E-state index in [1.165, 1.54) is 0 Å². The lowest BCUT2D eigenvalue weighted by atomic mass is 10.2. The molecule has 0 saturated carbocycles. The number of carbonyl (C=O) groups is 1. The van der Waals surface area contributed by atoms with Crippen LogP contribution in [0.2, 0.25) is 5.02 Å². The molecule has 0 unspecified atom stereocenters. The number of piperazine rings is 1. The van der Waals surface area contributed by atoms with Crippen molar-refractivity contribution >= 4 is 48.1 Å². The quantitative estimate of drug-likeness (QED) is 0.815. The summed E-state index contributed by atoms with van der Waals surface area (Å²) in [6.07, 6.45) is -3.71. The molecule has 24 heavy (non-hydrogen) atoms. The summed E-state index contributed by atoms with van der Waals surface area (Å²) in [5.41, 5.74) is 4.67. The van der Waals surface area contributed by atoms with Crippen molar-refractivity contribution in [1.29, 1.82) is 0 Å². The number of pyridine rings is 1. The molecule has 0 bridgehead atoms. The largest absolute Gasteiger partial charge is 0.417 e. The van der Waals surface area contributed by atoms with Gasteiger partial charge in [0, 0.05) is 32.4 Å². The topological polar surface area (TPSA) is 62.5 Å². The molecule has 1 aromatic rings. The van der Waals surface area contributed by atoms with Gasteiger partial charge in [-0.1, -0.05) is 11.6 Å². The van der Waals surface area contributed by atoms with Gasteiger partial charge < -0.3 is 15.5 Å². The summed E-state index contributed by atoms with van der Waals surface area (Å²) in [6, 6.07) is 0.294. The number of anilines is 1. The second-order valence-corrected chi connectivity index (χ2v) is 5.54. The first kappa shape index (κ1) is 23.0. The lowest BCUT2D eigenvalue weighted by Crippen LogP contribution is -2.52. The Morgan fingerprint density at radius 3 is 2.25 bits per heavy atom. The maximum Gasteiger partial charge on any atom is 0.417 e. The molecular weight excluding hydrogens is 392 g/mol. The third-order valence-corrected chi connectivity index (χ3v) is 3.71. The van der Waals surface area contributed by atoms with Crippen LogP contribution in [0, 0.1) is 0 Å². The van der Waals surface area contributed by atoms with Crippen LogP contribution in [0.15, 0.2) is 12.3 Å². The fourth-order valence-corrected chi connectivity index (χ4v) is 2.53. The van der Waals surface area contributed by atoms with Crippen molar-refractivity contribution in [2.75, 3.05) is 31.1 Å². The Kier molecular flexibility index (Phi) is 8.58. The Morgan fingerprint density at radius 2 is 1.83 bits per heavy atom. The van der Waals surface area contributed by atoms with Gasteiger partial charge in [0.25, 0.3) is 0 Å². The summed E-state index contributed by atoms with van der Waals surface area (Å²) in [4.78, 5) is 19.0. The van der Waals surface area contributed by atoms with Gasteiger partial charge in [-0.05, 0) is 13.0 Å². The molecule has 138 valence electrons. The van der Waals surface area contributed by atoms with Crippen molar-refractivity contribution in [3.8, 4) is 0 Å². The lowest BCUT2D eigenvalue weighted by molar-refractivity contribution is -0.138. The maximum absolute atomic E-state index is 12.6. The molecule has 5 nitrogen and oxygen atoms in total. The Morgan fingerprint density at radius 1 is 1.29 bits per heavy atom. The fourth-order valence-electron chi connectivity index (χ4n) is 2.25. The van der Waals surface area contributed by atoms with E-state index in [1.54, 1.807) is 16.7 Å². The molecule has 0 aromatic carbocycles. The minimum Gasteiger partial charge on any atom is -0.352 e. The first-order chi connectivity index (χ1) is 10.2. The zero-order valence-corrected chi connectivity index (χ0v) is 15.1. The third-order valence-electron chi connectivity index (χ3n) is 3.43. The number of alkyl halides is 3. The van der Waals surface area contributed by atoms with E-state index < -0.39 is 17.8 Å². The molecule has 1 atom stereocenters.